The van der Waals surface area contributed by atoms with E-state index < -0.39 is 15.9 Å². The molecule has 1 saturated heterocycles. The predicted molar refractivity (Wildman–Crippen MR) is 104 cm³/mol. The smallest absolute Gasteiger partial charge is 0.276 e. The third-order valence-corrected chi connectivity index (χ3v) is 6.68. The van der Waals surface area contributed by atoms with Crippen LogP contribution < -0.4 is 5.32 Å². The third-order valence-electron chi connectivity index (χ3n) is 3.94. The molecule has 0 bridgehead atoms. The summed E-state index contributed by atoms with van der Waals surface area (Å²) in [5, 5.41) is 12.9. The molecule has 1 aromatic heterocycles. The van der Waals surface area contributed by atoms with Crippen LogP contribution in [0.15, 0.2) is 34.4 Å². The molecule has 0 atom stereocenters. The lowest BCUT2D eigenvalue weighted by Crippen LogP contribution is -2.40. The van der Waals surface area contributed by atoms with Crippen molar-refractivity contribution in [2.45, 2.75) is 10.1 Å². The van der Waals surface area contributed by atoms with E-state index in [1.165, 1.54) is 40.5 Å². The number of hydrogen-bond acceptors (Lipinski definition) is 8. The molecule has 1 aromatic carbocycles. The molecular weight excluding hydrogens is 428 g/mol. The molecular formula is C16H17ClN4O5S2. The zero-order valence-electron chi connectivity index (χ0n) is 14.8. The van der Waals surface area contributed by atoms with Crippen molar-refractivity contribution in [3.8, 4) is 5.75 Å². The largest absolute Gasteiger partial charge is 0.506 e. The monoisotopic (exact) mass is 444 g/mol. The number of nitrogens with one attached hydrogen (secondary N) is 1. The van der Waals surface area contributed by atoms with Gasteiger partial charge in [0, 0.05) is 13.1 Å². The topological polar surface area (TPSA) is 122 Å². The van der Waals surface area contributed by atoms with Gasteiger partial charge >= 0.3 is 0 Å². The molecule has 0 aliphatic carbocycles. The maximum Gasteiger partial charge on any atom is 0.276 e. The molecule has 0 radical (unpaired) electrons. The first-order valence-electron chi connectivity index (χ1n) is 8.11. The number of morpholine rings is 1. The number of sulfonamides is 1. The first kappa shape index (κ1) is 20.8. The highest BCUT2D eigenvalue weighted by Crippen LogP contribution is 2.29. The second kappa shape index (κ2) is 8.62. The molecule has 2 aromatic rings. The minimum absolute atomic E-state index is 0.0342. The van der Waals surface area contributed by atoms with Crippen molar-refractivity contribution >= 4 is 45.0 Å². The molecule has 150 valence electrons. The first-order valence-corrected chi connectivity index (χ1v) is 11.2. The van der Waals surface area contributed by atoms with Gasteiger partial charge in [0.2, 0.25) is 10.0 Å². The van der Waals surface area contributed by atoms with Crippen LogP contribution in [0.3, 0.4) is 0 Å². The van der Waals surface area contributed by atoms with Gasteiger partial charge in [-0.1, -0.05) is 23.4 Å². The Morgan fingerprint density at radius 1 is 1.36 bits per heavy atom. The molecule has 1 amide bonds. The molecule has 3 rings (SSSR count). The lowest BCUT2D eigenvalue weighted by molar-refractivity contribution is 0.0730. The van der Waals surface area contributed by atoms with E-state index in [0.29, 0.717) is 18.4 Å². The van der Waals surface area contributed by atoms with Gasteiger partial charge in [-0.15, -0.1) is 0 Å². The number of aromatic nitrogens is 2. The summed E-state index contributed by atoms with van der Waals surface area (Å²) in [6.07, 6.45) is 3.05. The van der Waals surface area contributed by atoms with E-state index in [1.807, 2.05) is 0 Å². The Hall–Kier alpha value is -1.92. The zero-order chi connectivity index (χ0) is 20.3. The molecule has 0 spiro atoms. The molecule has 0 saturated carbocycles. The van der Waals surface area contributed by atoms with E-state index in [2.05, 4.69) is 15.3 Å². The average Bonchev–Trinajstić information content (AvgIpc) is 2.70. The van der Waals surface area contributed by atoms with Crippen LogP contribution in [0.4, 0.5) is 5.69 Å². The van der Waals surface area contributed by atoms with E-state index in [-0.39, 0.29) is 40.1 Å². The van der Waals surface area contributed by atoms with Crippen LogP contribution in [-0.4, -0.2) is 66.3 Å². The molecule has 0 unspecified atom stereocenters. The van der Waals surface area contributed by atoms with E-state index >= 15 is 0 Å². The van der Waals surface area contributed by atoms with Crippen LogP contribution in [0.25, 0.3) is 0 Å². The number of anilines is 1. The summed E-state index contributed by atoms with van der Waals surface area (Å²) in [6.45, 7) is 1.09. The highest BCUT2D eigenvalue weighted by atomic mass is 35.5. The number of halogens is 1. The Kier molecular flexibility index (Phi) is 6.40. The van der Waals surface area contributed by atoms with Gasteiger partial charge in [0.25, 0.3) is 5.91 Å². The van der Waals surface area contributed by atoms with Crippen molar-refractivity contribution in [3.05, 3.63) is 35.1 Å². The van der Waals surface area contributed by atoms with Crippen LogP contribution in [-0.2, 0) is 14.8 Å². The van der Waals surface area contributed by atoms with Gasteiger partial charge in [-0.05, 0) is 24.5 Å². The summed E-state index contributed by atoms with van der Waals surface area (Å²) in [5.41, 5.74) is -0.151. The summed E-state index contributed by atoms with van der Waals surface area (Å²) in [7, 11) is -3.78. The number of nitrogens with zero attached hydrogens (tertiary/aromatic N) is 3. The van der Waals surface area contributed by atoms with E-state index in [9.17, 15) is 18.3 Å². The number of phenolic OH excluding ortho intramolecular Hbond substituents is 1. The lowest BCUT2D eigenvalue weighted by atomic mass is 10.2. The van der Waals surface area contributed by atoms with Crippen LogP contribution in [0.2, 0.25) is 5.02 Å². The fraction of sp³-hybridized carbons (Fsp3) is 0.312. The van der Waals surface area contributed by atoms with Gasteiger partial charge < -0.3 is 15.2 Å². The minimum Gasteiger partial charge on any atom is -0.506 e. The summed E-state index contributed by atoms with van der Waals surface area (Å²) in [4.78, 5) is 20.5. The van der Waals surface area contributed by atoms with Crippen LogP contribution in [0.5, 0.6) is 5.75 Å². The number of hydrogen-bond donors (Lipinski definition) is 2. The number of amides is 1. The van der Waals surface area contributed by atoms with Gasteiger partial charge in [-0.3, -0.25) is 4.79 Å². The number of aromatic hydroxyl groups is 1. The number of phenols is 1. The Bertz CT molecular complexity index is 997. The number of carbonyl (C=O) groups is 1. The number of rotatable bonds is 5. The van der Waals surface area contributed by atoms with Crippen molar-refractivity contribution < 1.29 is 23.1 Å². The Morgan fingerprint density at radius 3 is 2.75 bits per heavy atom. The van der Waals surface area contributed by atoms with Crippen molar-refractivity contribution in [1.29, 1.82) is 0 Å². The van der Waals surface area contributed by atoms with Crippen LogP contribution in [0, 0.1) is 0 Å². The van der Waals surface area contributed by atoms with Crippen molar-refractivity contribution in [2.24, 2.45) is 0 Å². The first-order chi connectivity index (χ1) is 13.3. The predicted octanol–water partition coefficient (Wildman–Crippen LogP) is 1.83. The number of ether oxygens (including phenoxy) is 1. The van der Waals surface area contributed by atoms with E-state index in [4.69, 9.17) is 16.3 Å². The standard InChI is InChI=1S/C16H17ClN4O5S2/c1-27-16-18-9-11(17)14(20-16)15(23)19-12-8-10(2-3-13(12)22)28(24,25)21-4-6-26-7-5-21/h2-3,8-9,22H,4-7H2,1H3,(H,19,23). The number of carbonyl (C=O) groups excluding carboxylic acids is 1. The lowest BCUT2D eigenvalue weighted by Gasteiger charge is -2.26. The molecule has 12 heteroatoms. The van der Waals surface area contributed by atoms with Gasteiger partial charge in [-0.25, -0.2) is 18.4 Å². The second-order valence-electron chi connectivity index (χ2n) is 5.70. The van der Waals surface area contributed by atoms with E-state index in [1.54, 1.807) is 6.26 Å². The fourth-order valence-electron chi connectivity index (χ4n) is 2.50. The molecule has 28 heavy (non-hydrogen) atoms. The maximum atomic E-state index is 12.8. The average molecular weight is 445 g/mol. The quantitative estimate of drug-likeness (QED) is 0.407. The van der Waals surface area contributed by atoms with Crippen molar-refractivity contribution in [1.82, 2.24) is 14.3 Å². The molecule has 9 nitrogen and oxygen atoms in total. The summed E-state index contributed by atoms with van der Waals surface area (Å²) in [6, 6.07) is 3.68. The van der Waals surface area contributed by atoms with Gasteiger partial charge in [0.05, 0.1) is 35.0 Å². The van der Waals surface area contributed by atoms with Crippen molar-refractivity contribution in [3.63, 3.8) is 0 Å². The third kappa shape index (κ3) is 4.39. The summed E-state index contributed by atoms with van der Waals surface area (Å²) in [5.74, 6) is -0.983. The summed E-state index contributed by atoms with van der Waals surface area (Å²) < 4.78 is 32.0. The summed E-state index contributed by atoms with van der Waals surface area (Å²) >= 11 is 7.22. The number of benzene rings is 1. The van der Waals surface area contributed by atoms with Gasteiger partial charge in [0.15, 0.2) is 10.9 Å². The fourth-order valence-corrected chi connectivity index (χ4v) is 4.45. The molecule has 2 N–H and O–H groups in total. The Morgan fingerprint density at radius 2 is 2.07 bits per heavy atom. The zero-order valence-corrected chi connectivity index (χ0v) is 17.1. The SMILES string of the molecule is CSc1ncc(Cl)c(C(=O)Nc2cc(S(=O)(=O)N3CCOCC3)ccc2O)n1. The normalized spacial score (nSPS) is 15.4. The molecule has 1 aliphatic rings. The van der Waals surface area contributed by atoms with Gasteiger partial charge in [-0.2, -0.15) is 4.31 Å². The minimum atomic E-state index is -3.78. The second-order valence-corrected chi connectivity index (χ2v) is 8.82. The number of thioether (sulfide) groups is 1. The highest BCUT2D eigenvalue weighted by Gasteiger charge is 2.27. The van der Waals surface area contributed by atoms with Crippen LogP contribution in [0.1, 0.15) is 10.5 Å². The van der Waals surface area contributed by atoms with Gasteiger partial charge in [0.1, 0.15) is 5.75 Å². The maximum absolute atomic E-state index is 12.8. The molecule has 2 heterocycles. The van der Waals surface area contributed by atoms with Crippen molar-refractivity contribution in [2.75, 3.05) is 37.9 Å². The van der Waals surface area contributed by atoms with E-state index in [0.717, 1.165) is 0 Å². The molecule has 1 aliphatic heterocycles. The highest BCUT2D eigenvalue weighted by molar-refractivity contribution is 7.98. The Labute approximate surface area is 171 Å². The molecule has 1 fully saturated rings. The van der Waals surface area contributed by atoms with Crippen LogP contribution >= 0.6 is 23.4 Å². The Balaban J connectivity index is 1.89.